The van der Waals surface area contributed by atoms with E-state index in [1.807, 2.05) is 32.0 Å². The van der Waals surface area contributed by atoms with Crippen LogP contribution in [0.5, 0.6) is 11.6 Å². The minimum atomic E-state index is -0.471. The molecule has 1 atom stereocenters. The topological polar surface area (TPSA) is 80.3 Å². The third kappa shape index (κ3) is 3.71. The molecule has 0 spiro atoms. The molecule has 1 saturated heterocycles. The maximum absolute atomic E-state index is 12.2. The van der Waals surface area contributed by atoms with Gasteiger partial charge < -0.3 is 15.4 Å². The highest BCUT2D eigenvalue weighted by Gasteiger charge is 2.27. The Labute approximate surface area is 140 Å². The molecule has 0 radical (unpaired) electrons. The van der Waals surface area contributed by atoms with Gasteiger partial charge in [0, 0.05) is 30.4 Å². The number of aryl methyl sites for hydroxylation is 2. The molecule has 6 heteroatoms. The summed E-state index contributed by atoms with van der Waals surface area (Å²) in [7, 11) is 0. The van der Waals surface area contributed by atoms with Crippen molar-refractivity contribution >= 4 is 17.5 Å². The Morgan fingerprint density at radius 2 is 2.12 bits per heavy atom. The molecule has 0 unspecified atom stereocenters. The van der Waals surface area contributed by atoms with Crippen LogP contribution in [0.2, 0.25) is 0 Å². The van der Waals surface area contributed by atoms with E-state index >= 15 is 0 Å². The maximum Gasteiger partial charge on any atom is 0.246 e. The highest BCUT2D eigenvalue weighted by Crippen LogP contribution is 2.27. The maximum atomic E-state index is 12.2. The Morgan fingerprint density at radius 3 is 2.83 bits per heavy atom. The van der Waals surface area contributed by atoms with Gasteiger partial charge in [-0.1, -0.05) is 6.07 Å². The highest BCUT2D eigenvalue weighted by atomic mass is 16.5. The molecule has 1 fully saturated rings. The molecule has 0 saturated carbocycles. The lowest BCUT2D eigenvalue weighted by Crippen LogP contribution is -2.37. The number of rotatable bonds is 4. The van der Waals surface area contributed by atoms with E-state index < -0.39 is 6.04 Å². The molecule has 0 aliphatic carbocycles. The third-order valence-corrected chi connectivity index (χ3v) is 3.87. The van der Waals surface area contributed by atoms with E-state index in [1.165, 1.54) is 0 Å². The molecule has 124 valence electrons. The van der Waals surface area contributed by atoms with Crippen LogP contribution < -0.4 is 15.4 Å². The smallest absolute Gasteiger partial charge is 0.246 e. The first-order valence-electron chi connectivity index (χ1n) is 7.82. The molecule has 24 heavy (non-hydrogen) atoms. The van der Waals surface area contributed by atoms with Crippen LogP contribution in [-0.2, 0) is 9.59 Å². The predicted octanol–water partition coefficient (Wildman–Crippen LogP) is 2.71. The van der Waals surface area contributed by atoms with Crippen LogP contribution in [0.3, 0.4) is 0 Å². The lowest BCUT2D eigenvalue weighted by Gasteiger charge is -2.13. The zero-order chi connectivity index (χ0) is 17.1. The van der Waals surface area contributed by atoms with Gasteiger partial charge in [0.25, 0.3) is 0 Å². The average Bonchev–Trinajstić information content (AvgIpc) is 2.97. The molecule has 2 N–H and O–H groups in total. The van der Waals surface area contributed by atoms with E-state index in [2.05, 4.69) is 15.6 Å². The third-order valence-electron chi connectivity index (χ3n) is 3.87. The van der Waals surface area contributed by atoms with E-state index in [0.717, 1.165) is 11.1 Å². The van der Waals surface area contributed by atoms with Crippen molar-refractivity contribution in [2.75, 3.05) is 5.32 Å². The van der Waals surface area contributed by atoms with Crippen molar-refractivity contribution in [2.45, 2.75) is 32.7 Å². The summed E-state index contributed by atoms with van der Waals surface area (Å²) in [4.78, 5) is 27.6. The normalized spacial score (nSPS) is 16.6. The molecular formula is C18H19N3O3. The monoisotopic (exact) mass is 325 g/mol. The van der Waals surface area contributed by atoms with Gasteiger partial charge in [0.15, 0.2) is 0 Å². The number of hydrogen-bond donors (Lipinski definition) is 2. The molecule has 1 aliphatic rings. The van der Waals surface area contributed by atoms with Crippen molar-refractivity contribution < 1.29 is 14.3 Å². The van der Waals surface area contributed by atoms with Gasteiger partial charge in [-0.05, 0) is 43.5 Å². The van der Waals surface area contributed by atoms with Gasteiger partial charge in [0.2, 0.25) is 17.7 Å². The molecule has 3 rings (SSSR count). The number of hydrogen-bond acceptors (Lipinski definition) is 4. The molecule has 0 bridgehead atoms. The number of amides is 2. The summed E-state index contributed by atoms with van der Waals surface area (Å²) in [6.07, 6.45) is 2.60. The summed E-state index contributed by atoms with van der Waals surface area (Å²) in [6, 6.07) is 8.70. The van der Waals surface area contributed by atoms with Crippen LogP contribution in [-0.4, -0.2) is 22.8 Å². The second-order valence-corrected chi connectivity index (χ2v) is 5.90. The van der Waals surface area contributed by atoms with Crippen molar-refractivity contribution in [3.63, 3.8) is 0 Å². The second-order valence-electron chi connectivity index (χ2n) is 5.90. The van der Waals surface area contributed by atoms with Gasteiger partial charge in [0.1, 0.15) is 11.8 Å². The van der Waals surface area contributed by atoms with Gasteiger partial charge in [-0.2, -0.15) is 0 Å². The van der Waals surface area contributed by atoms with Gasteiger partial charge in [0.05, 0.1) is 0 Å². The summed E-state index contributed by atoms with van der Waals surface area (Å²) < 4.78 is 5.82. The highest BCUT2D eigenvalue weighted by molar-refractivity contribution is 5.99. The van der Waals surface area contributed by atoms with Crippen molar-refractivity contribution in [2.24, 2.45) is 0 Å². The van der Waals surface area contributed by atoms with Crippen LogP contribution in [0.1, 0.15) is 24.0 Å². The van der Waals surface area contributed by atoms with E-state index in [1.54, 1.807) is 18.3 Å². The summed E-state index contributed by atoms with van der Waals surface area (Å²) in [5, 5.41) is 5.47. The number of ether oxygens (including phenoxy) is 1. The summed E-state index contributed by atoms with van der Waals surface area (Å²) in [6.45, 7) is 3.89. The lowest BCUT2D eigenvalue weighted by atomic mass is 10.1. The standard InChI is InChI=1S/C18H19N3O3/c1-11-7-8-19-17(9-11)24-15-10-13(4-3-12(15)2)20-18(23)14-5-6-16(22)21-14/h3-4,7-10,14H,5-6H2,1-2H3,(H,20,23)(H,21,22)/t14-/m0/s1. The van der Waals surface area contributed by atoms with Crippen LogP contribution in [0.25, 0.3) is 0 Å². The fraction of sp³-hybridized carbons (Fsp3) is 0.278. The summed E-state index contributed by atoms with van der Waals surface area (Å²) >= 11 is 0. The molecule has 1 aromatic heterocycles. The van der Waals surface area contributed by atoms with Gasteiger partial charge >= 0.3 is 0 Å². The zero-order valence-electron chi connectivity index (χ0n) is 13.6. The fourth-order valence-electron chi connectivity index (χ4n) is 2.50. The molecule has 1 aliphatic heterocycles. The molecule has 6 nitrogen and oxygen atoms in total. The predicted molar refractivity (Wildman–Crippen MR) is 90.0 cm³/mol. The second kappa shape index (κ2) is 6.70. The number of nitrogens with one attached hydrogen (secondary N) is 2. The van der Waals surface area contributed by atoms with Crippen LogP contribution >= 0.6 is 0 Å². The molecule has 2 aromatic rings. The number of nitrogens with zero attached hydrogens (tertiary/aromatic N) is 1. The van der Waals surface area contributed by atoms with Gasteiger partial charge in [-0.15, -0.1) is 0 Å². The van der Waals surface area contributed by atoms with E-state index in [-0.39, 0.29) is 11.8 Å². The molecule has 1 aromatic carbocycles. The van der Waals surface area contributed by atoms with Crippen LogP contribution in [0.4, 0.5) is 5.69 Å². The summed E-state index contributed by atoms with van der Waals surface area (Å²) in [5.41, 5.74) is 2.61. The zero-order valence-corrected chi connectivity index (χ0v) is 13.6. The first kappa shape index (κ1) is 16.0. The lowest BCUT2D eigenvalue weighted by molar-refractivity contribution is -0.122. The number of benzene rings is 1. The Morgan fingerprint density at radius 1 is 1.29 bits per heavy atom. The van der Waals surface area contributed by atoms with Crippen molar-refractivity contribution in [3.8, 4) is 11.6 Å². The first-order valence-corrected chi connectivity index (χ1v) is 7.82. The van der Waals surface area contributed by atoms with E-state index in [4.69, 9.17) is 4.74 Å². The van der Waals surface area contributed by atoms with Crippen molar-refractivity contribution in [1.29, 1.82) is 0 Å². The Bertz CT molecular complexity index is 789. The number of pyridine rings is 1. The largest absolute Gasteiger partial charge is 0.439 e. The van der Waals surface area contributed by atoms with Crippen LogP contribution in [0.15, 0.2) is 36.5 Å². The number of carbonyl (C=O) groups is 2. The first-order chi connectivity index (χ1) is 11.5. The fourth-order valence-corrected chi connectivity index (χ4v) is 2.50. The van der Waals surface area contributed by atoms with Gasteiger partial charge in [-0.3, -0.25) is 9.59 Å². The Hall–Kier alpha value is -2.89. The van der Waals surface area contributed by atoms with Crippen molar-refractivity contribution in [1.82, 2.24) is 10.3 Å². The Kier molecular flexibility index (Phi) is 4.46. The molecule has 2 heterocycles. The number of aromatic nitrogens is 1. The number of anilines is 1. The minimum Gasteiger partial charge on any atom is -0.439 e. The minimum absolute atomic E-state index is 0.0893. The molecule has 2 amide bonds. The van der Waals surface area contributed by atoms with Crippen molar-refractivity contribution in [3.05, 3.63) is 47.7 Å². The SMILES string of the molecule is Cc1ccnc(Oc2cc(NC(=O)[C@@H]3CCC(=O)N3)ccc2C)c1. The molecular weight excluding hydrogens is 306 g/mol. The Balaban J connectivity index is 1.73. The van der Waals surface area contributed by atoms with Gasteiger partial charge in [-0.25, -0.2) is 4.98 Å². The summed E-state index contributed by atoms with van der Waals surface area (Å²) in [5.74, 6) is 0.823. The average molecular weight is 325 g/mol. The number of carbonyl (C=O) groups excluding carboxylic acids is 2. The quantitative estimate of drug-likeness (QED) is 0.906. The van der Waals surface area contributed by atoms with E-state index in [9.17, 15) is 9.59 Å². The van der Waals surface area contributed by atoms with E-state index in [0.29, 0.717) is 30.2 Å². The van der Waals surface area contributed by atoms with Crippen LogP contribution in [0, 0.1) is 13.8 Å².